The number of aliphatic imine (C=N–C) groups is 1. The lowest BCUT2D eigenvalue weighted by Gasteiger charge is -2.23. The summed E-state index contributed by atoms with van der Waals surface area (Å²) in [6.45, 7) is 4.05. The average Bonchev–Trinajstić information content (AvgIpc) is 3.11. The molecule has 7 nitrogen and oxygen atoms in total. The molecule has 7 heteroatoms. The molecule has 0 spiro atoms. The molecule has 1 aliphatic rings. The van der Waals surface area contributed by atoms with Gasteiger partial charge >= 0.3 is 0 Å². The van der Waals surface area contributed by atoms with E-state index in [0.29, 0.717) is 19.2 Å². The summed E-state index contributed by atoms with van der Waals surface area (Å²) in [5, 5.41) is 10.6. The number of benzene rings is 1. The molecule has 1 aromatic heterocycles. The quantitative estimate of drug-likeness (QED) is 0.579. The van der Waals surface area contributed by atoms with Gasteiger partial charge in [-0.3, -0.25) is 4.68 Å². The zero-order chi connectivity index (χ0) is 18.9. The van der Waals surface area contributed by atoms with Gasteiger partial charge in [-0.25, -0.2) is 9.98 Å². The fourth-order valence-corrected chi connectivity index (χ4v) is 3.20. The predicted octanol–water partition coefficient (Wildman–Crippen LogP) is 2.78. The number of nitrogens with zero attached hydrogens (tertiary/aromatic N) is 4. The second-order valence-corrected chi connectivity index (χ2v) is 6.87. The van der Waals surface area contributed by atoms with Crippen molar-refractivity contribution < 1.29 is 4.74 Å². The molecule has 146 valence electrons. The summed E-state index contributed by atoms with van der Waals surface area (Å²) in [6.07, 6.45) is 8.20. The van der Waals surface area contributed by atoms with Crippen molar-refractivity contribution in [2.75, 3.05) is 6.54 Å². The molecule has 27 heavy (non-hydrogen) atoms. The first-order chi connectivity index (χ1) is 13.2. The smallest absolute Gasteiger partial charge is 0.191 e. The number of guanidine groups is 1. The minimum absolute atomic E-state index is 0.382. The van der Waals surface area contributed by atoms with Gasteiger partial charge in [0.1, 0.15) is 17.9 Å². The molecule has 1 aromatic carbocycles. The Kier molecular flexibility index (Phi) is 7.07. The third kappa shape index (κ3) is 5.98. The molecule has 1 aliphatic carbocycles. The van der Waals surface area contributed by atoms with Gasteiger partial charge < -0.3 is 15.4 Å². The summed E-state index contributed by atoms with van der Waals surface area (Å²) in [4.78, 5) is 8.87. The number of hydrogen-bond acceptors (Lipinski definition) is 4. The van der Waals surface area contributed by atoms with E-state index in [1.165, 1.54) is 32.1 Å². The standard InChI is InChI=1S/C20H30N6O/c1-3-21-20(23-14-19-24-15-25-26(19)2)22-13-16-9-11-18(12-10-16)27-17-7-5-4-6-8-17/h9-12,15,17H,3-8,13-14H2,1-2H3,(H2,21,22,23). The summed E-state index contributed by atoms with van der Waals surface area (Å²) < 4.78 is 7.84. The van der Waals surface area contributed by atoms with E-state index in [1.807, 2.05) is 7.05 Å². The van der Waals surface area contributed by atoms with Gasteiger partial charge in [0.2, 0.25) is 0 Å². The lowest BCUT2D eigenvalue weighted by atomic mass is 9.98. The molecular formula is C20H30N6O. The predicted molar refractivity (Wildman–Crippen MR) is 107 cm³/mol. The SMILES string of the molecule is CCNC(=NCc1ccc(OC2CCCCC2)cc1)NCc1ncnn1C. The molecule has 0 bridgehead atoms. The first-order valence-corrected chi connectivity index (χ1v) is 9.85. The van der Waals surface area contributed by atoms with Crippen molar-refractivity contribution in [3.8, 4) is 5.75 Å². The van der Waals surface area contributed by atoms with Gasteiger partial charge in [0.25, 0.3) is 0 Å². The van der Waals surface area contributed by atoms with Gasteiger partial charge in [0.05, 0.1) is 19.2 Å². The van der Waals surface area contributed by atoms with Crippen LogP contribution in [0.2, 0.25) is 0 Å². The maximum Gasteiger partial charge on any atom is 0.191 e. The van der Waals surface area contributed by atoms with E-state index in [1.54, 1.807) is 11.0 Å². The molecule has 0 radical (unpaired) electrons. The molecule has 0 saturated heterocycles. The van der Waals surface area contributed by atoms with Crippen LogP contribution < -0.4 is 15.4 Å². The largest absolute Gasteiger partial charge is 0.490 e. The highest BCUT2D eigenvalue weighted by atomic mass is 16.5. The number of nitrogens with one attached hydrogen (secondary N) is 2. The van der Waals surface area contributed by atoms with E-state index < -0.39 is 0 Å². The number of rotatable bonds is 7. The van der Waals surface area contributed by atoms with Crippen LogP contribution in [-0.4, -0.2) is 33.4 Å². The Labute approximate surface area is 161 Å². The number of aromatic nitrogens is 3. The third-order valence-electron chi connectivity index (χ3n) is 4.76. The van der Waals surface area contributed by atoms with Gasteiger partial charge in [0, 0.05) is 13.6 Å². The average molecular weight is 371 g/mol. The maximum absolute atomic E-state index is 6.09. The first-order valence-electron chi connectivity index (χ1n) is 9.85. The Balaban J connectivity index is 1.52. The van der Waals surface area contributed by atoms with Crippen LogP contribution in [0.4, 0.5) is 0 Å². The van der Waals surface area contributed by atoms with Crippen molar-refractivity contribution >= 4 is 5.96 Å². The van der Waals surface area contributed by atoms with E-state index in [-0.39, 0.29) is 0 Å². The minimum atomic E-state index is 0.382. The Hall–Kier alpha value is -2.57. The minimum Gasteiger partial charge on any atom is -0.490 e. The highest BCUT2D eigenvalue weighted by Crippen LogP contribution is 2.23. The Morgan fingerprint density at radius 1 is 1.19 bits per heavy atom. The van der Waals surface area contributed by atoms with Crippen molar-refractivity contribution in [1.82, 2.24) is 25.4 Å². The molecule has 1 fully saturated rings. The lowest BCUT2D eigenvalue weighted by Crippen LogP contribution is -2.37. The number of aryl methyl sites for hydroxylation is 1. The van der Waals surface area contributed by atoms with E-state index in [0.717, 1.165) is 29.6 Å². The summed E-state index contributed by atoms with van der Waals surface area (Å²) in [5.41, 5.74) is 1.15. The molecule has 2 aromatic rings. The van der Waals surface area contributed by atoms with Crippen molar-refractivity contribution in [1.29, 1.82) is 0 Å². The zero-order valence-corrected chi connectivity index (χ0v) is 16.3. The third-order valence-corrected chi connectivity index (χ3v) is 4.76. The second-order valence-electron chi connectivity index (χ2n) is 6.87. The van der Waals surface area contributed by atoms with Crippen molar-refractivity contribution in [3.05, 3.63) is 42.0 Å². The van der Waals surface area contributed by atoms with Crippen molar-refractivity contribution in [3.63, 3.8) is 0 Å². The fourth-order valence-electron chi connectivity index (χ4n) is 3.20. The van der Waals surface area contributed by atoms with E-state index in [2.05, 4.69) is 56.9 Å². The molecule has 1 heterocycles. The van der Waals surface area contributed by atoms with Crippen molar-refractivity contribution in [2.45, 2.75) is 58.2 Å². The fraction of sp³-hybridized carbons (Fsp3) is 0.550. The summed E-state index contributed by atoms with van der Waals surface area (Å²) in [7, 11) is 1.88. The molecule has 1 saturated carbocycles. The van der Waals surface area contributed by atoms with Gasteiger partial charge in [-0.05, 0) is 50.3 Å². The summed E-state index contributed by atoms with van der Waals surface area (Å²) in [5.74, 6) is 2.59. The Morgan fingerprint density at radius 3 is 2.63 bits per heavy atom. The van der Waals surface area contributed by atoms with Gasteiger partial charge in [-0.1, -0.05) is 18.6 Å². The molecule has 3 rings (SSSR count). The van der Waals surface area contributed by atoms with E-state index >= 15 is 0 Å². The van der Waals surface area contributed by atoms with Crippen LogP contribution in [0.5, 0.6) is 5.75 Å². The summed E-state index contributed by atoms with van der Waals surface area (Å²) in [6, 6.07) is 8.29. The van der Waals surface area contributed by atoms with Crippen LogP contribution in [-0.2, 0) is 20.1 Å². The molecule has 0 amide bonds. The second kappa shape index (κ2) is 9.94. The molecule has 0 unspecified atom stereocenters. The number of hydrogen-bond donors (Lipinski definition) is 2. The van der Waals surface area contributed by atoms with Gasteiger partial charge in [-0.15, -0.1) is 0 Å². The topological polar surface area (TPSA) is 76.4 Å². The first kappa shape index (κ1) is 19.2. The Morgan fingerprint density at radius 2 is 1.96 bits per heavy atom. The van der Waals surface area contributed by atoms with Gasteiger partial charge in [0.15, 0.2) is 5.96 Å². The molecule has 0 atom stereocenters. The van der Waals surface area contributed by atoms with Crippen LogP contribution in [0.25, 0.3) is 0 Å². The lowest BCUT2D eigenvalue weighted by molar-refractivity contribution is 0.155. The highest BCUT2D eigenvalue weighted by molar-refractivity contribution is 5.79. The van der Waals surface area contributed by atoms with E-state index in [9.17, 15) is 0 Å². The van der Waals surface area contributed by atoms with Crippen LogP contribution in [0.3, 0.4) is 0 Å². The van der Waals surface area contributed by atoms with Crippen molar-refractivity contribution in [2.24, 2.45) is 12.0 Å². The van der Waals surface area contributed by atoms with E-state index in [4.69, 9.17) is 4.74 Å². The molecule has 2 N–H and O–H groups in total. The maximum atomic E-state index is 6.09. The normalized spacial score (nSPS) is 15.6. The van der Waals surface area contributed by atoms with Crippen LogP contribution in [0, 0.1) is 0 Å². The van der Waals surface area contributed by atoms with Crippen LogP contribution >= 0.6 is 0 Å². The van der Waals surface area contributed by atoms with Crippen LogP contribution in [0.1, 0.15) is 50.4 Å². The molecular weight excluding hydrogens is 340 g/mol. The number of ether oxygens (including phenoxy) is 1. The highest BCUT2D eigenvalue weighted by Gasteiger charge is 2.14. The monoisotopic (exact) mass is 370 g/mol. The zero-order valence-electron chi connectivity index (χ0n) is 16.3. The Bertz CT molecular complexity index is 718. The van der Waals surface area contributed by atoms with Crippen LogP contribution in [0.15, 0.2) is 35.6 Å². The molecule has 0 aliphatic heterocycles. The van der Waals surface area contributed by atoms with Gasteiger partial charge in [-0.2, -0.15) is 5.10 Å². The summed E-state index contributed by atoms with van der Waals surface area (Å²) >= 11 is 0.